The zero-order valence-corrected chi connectivity index (χ0v) is 9.41. The van der Waals surface area contributed by atoms with E-state index in [0.29, 0.717) is 6.61 Å². The van der Waals surface area contributed by atoms with Gasteiger partial charge in [0.25, 0.3) is 0 Å². The number of hydrogen-bond acceptors (Lipinski definition) is 5. The number of thiazole rings is 1. The third-order valence-corrected chi connectivity index (χ3v) is 3.20. The van der Waals surface area contributed by atoms with E-state index >= 15 is 0 Å². The third kappa shape index (κ3) is 2.14. The van der Waals surface area contributed by atoms with Gasteiger partial charge in [0.1, 0.15) is 0 Å². The molecule has 5 heteroatoms. The Bertz CT molecular complexity index is 374. The SMILES string of the molecule is C=CCON(C)C1CN=Cc2ncsc21. The topological polar surface area (TPSA) is 37.7 Å². The molecule has 1 aromatic heterocycles. The number of fused-ring (bicyclic) bond motifs is 1. The molecule has 4 nitrogen and oxygen atoms in total. The largest absolute Gasteiger partial charge is 0.294 e. The van der Waals surface area contributed by atoms with Gasteiger partial charge in [0.2, 0.25) is 0 Å². The third-order valence-electron chi connectivity index (χ3n) is 2.25. The first kappa shape index (κ1) is 10.5. The van der Waals surface area contributed by atoms with Crippen LogP contribution in [0.25, 0.3) is 0 Å². The van der Waals surface area contributed by atoms with Gasteiger partial charge in [-0.1, -0.05) is 6.08 Å². The second kappa shape index (κ2) is 4.65. The van der Waals surface area contributed by atoms with Crippen molar-refractivity contribution in [2.45, 2.75) is 6.04 Å². The normalized spacial score (nSPS) is 19.2. The minimum absolute atomic E-state index is 0.178. The maximum absolute atomic E-state index is 5.48. The fourth-order valence-corrected chi connectivity index (χ4v) is 2.36. The van der Waals surface area contributed by atoms with Gasteiger partial charge < -0.3 is 0 Å². The molecule has 15 heavy (non-hydrogen) atoms. The summed E-state index contributed by atoms with van der Waals surface area (Å²) in [6.07, 6.45) is 3.56. The molecule has 0 spiro atoms. The average Bonchev–Trinajstić information content (AvgIpc) is 2.73. The fraction of sp³-hybridized carbons (Fsp3) is 0.400. The molecule has 0 radical (unpaired) electrons. The second-order valence-corrected chi connectivity index (χ2v) is 4.13. The first-order valence-corrected chi connectivity index (χ1v) is 5.60. The van der Waals surface area contributed by atoms with E-state index in [1.54, 1.807) is 17.4 Å². The van der Waals surface area contributed by atoms with Crippen molar-refractivity contribution in [1.82, 2.24) is 10.0 Å². The molecule has 0 aromatic carbocycles. The molecule has 0 N–H and O–H groups in total. The first-order valence-electron chi connectivity index (χ1n) is 4.72. The molecule has 1 atom stereocenters. The molecule has 0 amide bonds. The van der Waals surface area contributed by atoms with E-state index in [2.05, 4.69) is 16.6 Å². The number of hydroxylamine groups is 2. The zero-order chi connectivity index (χ0) is 10.7. The maximum Gasteiger partial charge on any atom is 0.0966 e. The van der Waals surface area contributed by atoms with Crippen molar-refractivity contribution >= 4 is 17.6 Å². The van der Waals surface area contributed by atoms with Crippen molar-refractivity contribution in [3.05, 3.63) is 28.7 Å². The summed E-state index contributed by atoms with van der Waals surface area (Å²) in [5.74, 6) is 0. The number of likely N-dealkylation sites (N-methyl/N-ethyl adjacent to an activating group) is 1. The Hall–Kier alpha value is -1.04. The van der Waals surface area contributed by atoms with Gasteiger partial charge in [-0.05, 0) is 0 Å². The van der Waals surface area contributed by atoms with E-state index in [1.165, 1.54) is 4.88 Å². The minimum Gasteiger partial charge on any atom is -0.294 e. The zero-order valence-electron chi connectivity index (χ0n) is 8.59. The minimum atomic E-state index is 0.178. The van der Waals surface area contributed by atoms with Gasteiger partial charge in [0.15, 0.2) is 0 Å². The van der Waals surface area contributed by atoms with E-state index in [1.807, 2.05) is 23.8 Å². The van der Waals surface area contributed by atoms with Crippen molar-refractivity contribution in [3.63, 3.8) is 0 Å². The Morgan fingerprint density at radius 3 is 3.47 bits per heavy atom. The van der Waals surface area contributed by atoms with Crippen molar-refractivity contribution in [3.8, 4) is 0 Å². The van der Waals surface area contributed by atoms with Gasteiger partial charge in [-0.2, -0.15) is 5.06 Å². The summed E-state index contributed by atoms with van der Waals surface area (Å²) >= 11 is 1.65. The lowest BCUT2D eigenvalue weighted by Gasteiger charge is -2.26. The summed E-state index contributed by atoms with van der Waals surface area (Å²) in [5.41, 5.74) is 2.81. The van der Waals surface area contributed by atoms with Crippen LogP contribution in [-0.4, -0.2) is 36.5 Å². The fourth-order valence-electron chi connectivity index (χ4n) is 1.47. The van der Waals surface area contributed by atoms with Crippen LogP contribution in [0.5, 0.6) is 0 Å². The van der Waals surface area contributed by atoms with Crippen molar-refractivity contribution in [2.75, 3.05) is 20.2 Å². The smallest absolute Gasteiger partial charge is 0.0966 e. The van der Waals surface area contributed by atoms with Crippen LogP contribution in [0.4, 0.5) is 0 Å². The lowest BCUT2D eigenvalue weighted by Crippen LogP contribution is -2.29. The van der Waals surface area contributed by atoms with Gasteiger partial charge in [0.05, 0.1) is 35.3 Å². The van der Waals surface area contributed by atoms with Gasteiger partial charge in [0, 0.05) is 13.3 Å². The molecule has 0 saturated carbocycles. The Morgan fingerprint density at radius 2 is 2.67 bits per heavy atom. The van der Waals surface area contributed by atoms with E-state index in [-0.39, 0.29) is 6.04 Å². The molecule has 2 rings (SSSR count). The number of hydrogen-bond donors (Lipinski definition) is 0. The highest BCUT2D eigenvalue weighted by molar-refractivity contribution is 7.10. The summed E-state index contributed by atoms with van der Waals surface area (Å²) < 4.78 is 0. The Morgan fingerprint density at radius 1 is 1.80 bits per heavy atom. The number of rotatable bonds is 4. The molecule has 0 saturated heterocycles. The maximum atomic E-state index is 5.48. The summed E-state index contributed by atoms with van der Waals surface area (Å²) in [4.78, 5) is 15.2. The van der Waals surface area contributed by atoms with Gasteiger partial charge in [-0.15, -0.1) is 17.9 Å². The molecule has 80 valence electrons. The lowest BCUT2D eigenvalue weighted by molar-refractivity contribution is -0.156. The van der Waals surface area contributed by atoms with E-state index in [9.17, 15) is 0 Å². The first-order chi connectivity index (χ1) is 7.33. The highest BCUT2D eigenvalue weighted by Crippen LogP contribution is 2.28. The summed E-state index contributed by atoms with van der Waals surface area (Å²) in [5, 5.41) is 1.83. The summed E-state index contributed by atoms with van der Waals surface area (Å²) in [7, 11) is 1.92. The van der Waals surface area contributed by atoms with E-state index < -0.39 is 0 Å². The molecule has 0 fully saturated rings. The summed E-state index contributed by atoms with van der Waals surface area (Å²) in [6.45, 7) is 4.86. The number of nitrogens with zero attached hydrogens (tertiary/aromatic N) is 3. The number of aliphatic imine (C=N–C) groups is 1. The van der Waals surface area contributed by atoms with E-state index in [0.717, 1.165) is 12.2 Å². The molecular formula is C10H13N3OS. The highest BCUT2D eigenvalue weighted by Gasteiger charge is 2.24. The van der Waals surface area contributed by atoms with Gasteiger partial charge >= 0.3 is 0 Å². The molecule has 1 aromatic rings. The van der Waals surface area contributed by atoms with Crippen LogP contribution in [0.1, 0.15) is 16.6 Å². The Balaban J connectivity index is 2.11. The van der Waals surface area contributed by atoms with Crippen LogP contribution >= 0.6 is 11.3 Å². The van der Waals surface area contributed by atoms with Crippen molar-refractivity contribution in [1.29, 1.82) is 0 Å². The van der Waals surface area contributed by atoms with Gasteiger partial charge in [-0.3, -0.25) is 9.83 Å². The predicted molar refractivity (Wildman–Crippen MR) is 61.2 cm³/mol. The molecular weight excluding hydrogens is 210 g/mol. The van der Waals surface area contributed by atoms with Crippen LogP contribution in [0, 0.1) is 0 Å². The highest BCUT2D eigenvalue weighted by atomic mass is 32.1. The predicted octanol–water partition coefficient (Wildman–Crippen LogP) is 1.67. The van der Waals surface area contributed by atoms with Crippen LogP contribution < -0.4 is 0 Å². The lowest BCUT2D eigenvalue weighted by atomic mass is 10.2. The average molecular weight is 223 g/mol. The van der Waals surface area contributed by atoms with Crippen molar-refractivity contribution in [2.24, 2.45) is 4.99 Å². The number of aromatic nitrogens is 1. The molecule has 1 aliphatic heterocycles. The quantitative estimate of drug-likeness (QED) is 0.575. The molecule has 0 aliphatic carbocycles. The molecule has 1 unspecified atom stereocenters. The molecule has 1 aliphatic rings. The van der Waals surface area contributed by atoms with E-state index in [4.69, 9.17) is 4.84 Å². The van der Waals surface area contributed by atoms with Crippen LogP contribution in [0.15, 0.2) is 23.2 Å². The standard InChI is InChI=1S/C10H13N3OS/c1-3-4-14-13(2)9-6-11-5-8-10(9)15-7-12-8/h3,5,7,9H,1,4,6H2,2H3. The monoisotopic (exact) mass is 223 g/mol. The van der Waals surface area contributed by atoms with Crippen LogP contribution in [0.3, 0.4) is 0 Å². The molecule has 2 heterocycles. The van der Waals surface area contributed by atoms with Crippen molar-refractivity contribution < 1.29 is 4.84 Å². The van der Waals surface area contributed by atoms with Crippen LogP contribution in [0.2, 0.25) is 0 Å². The summed E-state index contributed by atoms with van der Waals surface area (Å²) in [6, 6.07) is 0.178. The second-order valence-electron chi connectivity index (χ2n) is 3.24. The molecule has 0 bridgehead atoms. The Labute approximate surface area is 92.9 Å². The van der Waals surface area contributed by atoms with Gasteiger partial charge in [-0.25, -0.2) is 4.98 Å². The van der Waals surface area contributed by atoms with Crippen LogP contribution in [-0.2, 0) is 4.84 Å². The Kier molecular flexibility index (Phi) is 3.25.